The quantitative estimate of drug-likeness (QED) is 0.106. The predicted octanol–water partition coefficient (Wildman–Crippen LogP) is 6.61. The highest BCUT2D eigenvalue weighted by atomic mass is 35.5. The number of ether oxygens (including phenoxy) is 1. The normalized spacial score (nSPS) is 24.1. The summed E-state index contributed by atoms with van der Waals surface area (Å²) in [5.41, 5.74) is 4.45. The van der Waals surface area contributed by atoms with Crippen LogP contribution in [0.15, 0.2) is 66.3 Å². The molecule has 2 aromatic carbocycles. The molecule has 18 heteroatoms. The molecule has 5 fully saturated rings. The standard InChI is InChI=1S/C56H71ClN10O6S/c1-33(35-10-12-36(13-11-35)46-34(2)60-32-74-46)61-49(71)43-22-40(68)28-67(43)50(72)47(53(3,4)5)62-45(69)29-64-30-56(31-64)24-39(25-56)65-18-20-66(21-19-65)44-17-15-38(27-59-44)48(70)63-51-54(6,7)52(55(51,8)9)73-41-16-14-37(26-58)42(57)23-41/h10-17,23,27,32-33,39-40,43,47,51-52,68H,18-22,24-25,28-31H2,1-9H3,(H,61,71)(H,62,69)(H,63,70)/t33-,40+,43?,47?,51?,52?/m0/s1. The Bertz CT molecular complexity index is 2770. The second kappa shape index (κ2) is 20.5. The summed E-state index contributed by atoms with van der Waals surface area (Å²) in [6.45, 7) is 23.3. The Kier molecular flexibility index (Phi) is 14.7. The molecule has 394 valence electrons. The van der Waals surface area contributed by atoms with E-state index >= 15 is 0 Å². The third kappa shape index (κ3) is 10.6. The van der Waals surface area contributed by atoms with Gasteiger partial charge < -0.3 is 35.6 Å². The van der Waals surface area contributed by atoms with Gasteiger partial charge in [-0.15, -0.1) is 11.3 Å². The number of hydrogen-bond acceptors (Lipinski definition) is 13. The Morgan fingerprint density at radius 2 is 1.65 bits per heavy atom. The van der Waals surface area contributed by atoms with Crippen molar-refractivity contribution in [2.45, 2.75) is 124 Å². The van der Waals surface area contributed by atoms with E-state index in [2.05, 4.69) is 69.4 Å². The van der Waals surface area contributed by atoms with Gasteiger partial charge in [-0.1, -0.05) is 84.3 Å². The summed E-state index contributed by atoms with van der Waals surface area (Å²) in [6, 6.07) is 17.2. The number of amides is 4. The molecule has 0 radical (unpaired) electrons. The number of pyridine rings is 1. The number of nitrogens with zero attached hydrogens (tertiary/aromatic N) is 7. The van der Waals surface area contributed by atoms with Gasteiger partial charge in [-0.05, 0) is 72.9 Å². The van der Waals surface area contributed by atoms with Crippen molar-refractivity contribution < 1.29 is 29.0 Å². The third-order valence-electron chi connectivity index (χ3n) is 16.5. The number of carbonyl (C=O) groups excluding carboxylic acids is 4. The van der Waals surface area contributed by atoms with E-state index in [-0.39, 0.29) is 77.6 Å². The lowest BCUT2D eigenvalue weighted by atomic mass is 9.49. The van der Waals surface area contributed by atoms with Gasteiger partial charge in [0.1, 0.15) is 35.8 Å². The van der Waals surface area contributed by atoms with Crippen LogP contribution in [0, 0.1) is 39.9 Å². The van der Waals surface area contributed by atoms with Gasteiger partial charge in [0.05, 0.1) is 50.9 Å². The highest BCUT2D eigenvalue weighted by Gasteiger charge is 2.64. The zero-order valence-corrected chi connectivity index (χ0v) is 45.6. The molecule has 3 aliphatic heterocycles. The molecular weight excluding hydrogens is 976 g/mol. The number of aliphatic hydroxyl groups is 1. The van der Waals surface area contributed by atoms with E-state index < -0.39 is 23.6 Å². The van der Waals surface area contributed by atoms with Crippen LogP contribution in [0.25, 0.3) is 10.4 Å². The molecule has 9 rings (SSSR count). The molecule has 0 bridgehead atoms. The molecule has 2 aliphatic carbocycles. The summed E-state index contributed by atoms with van der Waals surface area (Å²) < 4.78 is 6.39. The van der Waals surface area contributed by atoms with Gasteiger partial charge in [-0.3, -0.25) is 29.0 Å². The number of likely N-dealkylation sites (tertiary alicyclic amines) is 2. The molecule has 2 unspecified atom stereocenters. The van der Waals surface area contributed by atoms with Crippen molar-refractivity contribution in [3.8, 4) is 22.3 Å². The SMILES string of the molecule is Cc1ncsc1-c1ccc([C@H](C)NC(=O)C2C[C@@H](O)CN2C(=O)C(NC(=O)CN2CC3(CC(N4CCN(c5ccc(C(=O)NC6C(C)(C)C(Oc7ccc(C#N)c(Cl)c7)C6(C)C)cn5)CC4)C3)C2)C(C)(C)C)cc1. The lowest BCUT2D eigenvalue weighted by Crippen LogP contribution is -2.74. The van der Waals surface area contributed by atoms with Crippen LogP contribution >= 0.6 is 22.9 Å². The number of thiazole rings is 1. The van der Waals surface area contributed by atoms with Crippen molar-refractivity contribution in [2.75, 3.05) is 57.3 Å². The Hall–Kier alpha value is -5.64. The van der Waals surface area contributed by atoms with Crippen LogP contribution in [-0.2, 0) is 14.4 Å². The first-order valence-electron chi connectivity index (χ1n) is 25.9. The Morgan fingerprint density at radius 3 is 2.24 bits per heavy atom. The molecule has 74 heavy (non-hydrogen) atoms. The zero-order chi connectivity index (χ0) is 53.1. The minimum Gasteiger partial charge on any atom is -0.489 e. The minimum atomic E-state index is -0.887. The fourth-order valence-electron chi connectivity index (χ4n) is 12.7. The van der Waals surface area contributed by atoms with Crippen LogP contribution < -0.4 is 25.6 Å². The molecule has 3 saturated heterocycles. The summed E-state index contributed by atoms with van der Waals surface area (Å²) in [5, 5.41) is 29.7. The number of aliphatic hydroxyl groups excluding tert-OH is 1. The third-order valence-corrected chi connectivity index (χ3v) is 17.8. The van der Waals surface area contributed by atoms with Gasteiger partial charge in [0.15, 0.2) is 0 Å². The van der Waals surface area contributed by atoms with Crippen molar-refractivity contribution in [1.29, 1.82) is 5.26 Å². The number of aryl methyl sites for hydroxylation is 1. The van der Waals surface area contributed by atoms with Crippen LogP contribution in [0.3, 0.4) is 0 Å². The summed E-state index contributed by atoms with van der Waals surface area (Å²) in [6.07, 6.45) is 2.89. The van der Waals surface area contributed by atoms with Crippen molar-refractivity contribution in [3.63, 3.8) is 0 Å². The van der Waals surface area contributed by atoms with Gasteiger partial charge in [0, 0.05) is 87.4 Å². The van der Waals surface area contributed by atoms with Gasteiger partial charge in [0.25, 0.3) is 5.91 Å². The number of benzene rings is 2. The Balaban J connectivity index is 0.701. The van der Waals surface area contributed by atoms with Crippen LogP contribution in [0.4, 0.5) is 5.82 Å². The molecular formula is C56H71ClN10O6S. The van der Waals surface area contributed by atoms with Crippen LogP contribution in [0.2, 0.25) is 5.02 Å². The lowest BCUT2D eigenvalue weighted by molar-refractivity contribution is -0.164. The largest absolute Gasteiger partial charge is 0.489 e. The van der Waals surface area contributed by atoms with Crippen LogP contribution in [0.5, 0.6) is 5.75 Å². The summed E-state index contributed by atoms with van der Waals surface area (Å²) in [5.74, 6) is 0.318. The number of piperazine rings is 1. The molecule has 16 nitrogen and oxygen atoms in total. The second-order valence-electron chi connectivity index (χ2n) is 23.8. The van der Waals surface area contributed by atoms with E-state index in [1.807, 2.05) is 76.5 Å². The number of halogens is 1. The highest BCUT2D eigenvalue weighted by molar-refractivity contribution is 7.13. The molecule has 4 N–H and O–H groups in total. The molecule has 1 spiro atoms. The minimum absolute atomic E-state index is 0.0178. The van der Waals surface area contributed by atoms with E-state index in [1.54, 1.807) is 35.7 Å². The summed E-state index contributed by atoms with van der Waals surface area (Å²) in [7, 11) is 0. The summed E-state index contributed by atoms with van der Waals surface area (Å²) >= 11 is 7.86. The number of nitrogens with one attached hydrogen (secondary N) is 3. The fraction of sp³-hybridized carbons (Fsp3) is 0.554. The lowest BCUT2D eigenvalue weighted by Gasteiger charge is -2.63. The maximum atomic E-state index is 14.3. The number of carbonyl (C=O) groups is 4. The van der Waals surface area contributed by atoms with Gasteiger partial charge in [-0.2, -0.15) is 5.26 Å². The molecule has 5 heterocycles. The predicted molar refractivity (Wildman–Crippen MR) is 286 cm³/mol. The van der Waals surface area contributed by atoms with Crippen molar-refractivity contribution in [3.05, 3.63) is 93.7 Å². The zero-order valence-electron chi connectivity index (χ0n) is 44.1. The maximum Gasteiger partial charge on any atom is 0.253 e. The van der Waals surface area contributed by atoms with E-state index in [9.17, 15) is 29.5 Å². The van der Waals surface area contributed by atoms with E-state index in [1.165, 1.54) is 4.90 Å². The molecule has 2 saturated carbocycles. The monoisotopic (exact) mass is 1050 g/mol. The first kappa shape index (κ1) is 53.2. The molecule has 4 amide bonds. The first-order chi connectivity index (χ1) is 35.0. The number of hydrogen-bond donors (Lipinski definition) is 4. The smallest absolute Gasteiger partial charge is 0.253 e. The highest BCUT2D eigenvalue weighted by Crippen LogP contribution is 2.56. The van der Waals surface area contributed by atoms with Crippen LogP contribution in [0.1, 0.15) is 108 Å². The number of aromatic nitrogens is 2. The van der Waals surface area contributed by atoms with E-state index in [0.717, 1.165) is 79.6 Å². The molecule has 4 aromatic rings. The average molecular weight is 1050 g/mol. The molecule has 4 atom stereocenters. The first-order valence-corrected chi connectivity index (χ1v) is 27.2. The number of anilines is 1. The van der Waals surface area contributed by atoms with Crippen molar-refractivity contribution in [2.24, 2.45) is 21.7 Å². The van der Waals surface area contributed by atoms with Gasteiger partial charge in [-0.25, -0.2) is 9.97 Å². The fourth-order valence-corrected chi connectivity index (χ4v) is 13.8. The molecule has 5 aliphatic rings. The van der Waals surface area contributed by atoms with Crippen molar-refractivity contribution in [1.82, 2.24) is 40.6 Å². The number of rotatable bonds is 14. The number of nitriles is 1. The summed E-state index contributed by atoms with van der Waals surface area (Å²) in [4.78, 5) is 73.9. The topological polar surface area (TPSA) is 196 Å². The van der Waals surface area contributed by atoms with Gasteiger partial charge >= 0.3 is 0 Å². The Labute approximate surface area is 444 Å². The Morgan fingerprint density at radius 1 is 0.959 bits per heavy atom. The van der Waals surface area contributed by atoms with Gasteiger partial charge in [0.2, 0.25) is 17.7 Å². The maximum absolute atomic E-state index is 14.3. The molecule has 2 aromatic heterocycles. The number of β-amino-alcohol motifs (C(OH)–C–C–N with tert-alkyl or cyclic N) is 1. The second-order valence-corrected chi connectivity index (χ2v) is 25.1. The average Bonchev–Trinajstić information content (AvgIpc) is 3.96. The van der Waals surface area contributed by atoms with E-state index in [4.69, 9.17) is 21.3 Å². The van der Waals surface area contributed by atoms with Crippen LogP contribution in [-0.4, -0.2) is 142 Å². The van der Waals surface area contributed by atoms with E-state index in [0.29, 0.717) is 27.9 Å². The van der Waals surface area contributed by atoms with Crippen molar-refractivity contribution >= 4 is 52.4 Å².